The molecule has 1 amide bonds. The molecule has 0 radical (unpaired) electrons. The van der Waals surface area contributed by atoms with Crippen LogP contribution >= 0.6 is 0 Å². The SMILES string of the molecule is C/C=N/NC(=O)C1CCN(C)CC1. The van der Waals surface area contributed by atoms with Crippen LogP contribution < -0.4 is 5.43 Å². The molecule has 1 fully saturated rings. The van der Waals surface area contributed by atoms with Crippen molar-refractivity contribution in [2.24, 2.45) is 11.0 Å². The summed E-state index contributed by atoms with van der Waals surface area (Å²) < 4.78 is 0. The van der Waals surface area contributed by atoms with E-state index >= 15 is 0 Å². The number of carbonyl (C=O) groups excluding carboxylic acids is 1. The molecule has 0 unspecified atom stereocenters. The van der Waals surface area contributed by atoms with Crippen molar-refractivity contribution in [3.8, 4) is 0 Å². The van der Waals surface area contributed by atoms with Crippen LogP contribution in [0.15, 0.2) is 5.10 Å². The quantitative estimate of drug-likeness (QED) is 0.499. The Morgan fingerprint density at radius 3 is 2.69 bits per heavy atom. The van der Waals surface area contributed by atoms with Gasteiger partial charge in [0.25, 0.3) is 0 Å². The van der Waals surface area contributed by atoms with Gasteiger partial charge in [0, 0.05) is 12.1 Å². The van der Waals surface area contributed by atoms with Crippen LogP contribution in [-0.4, -0.2) is 37.2 Å². The molecule has 4 heteroatoms. The molecule has 0 spiro atoms. The monoisotopic (exact) mass is 183 g/mol. The molecule has 74 valence electrons. The summed E-state index contributed by atoms with van der Waals surface area (Å²) >= 11 is 0. The molecule has 0 saturated carbocycles. The predicted molar refractivity (Wildman–Crippen MR) is 52.5 cm³/mol. The molecule has 0 bridgehead atoms. The molecule has 4 nitrogen and oxygen atoms in total. The summed E-state index contributed by atoms with van der Waals surface area (Å²) in [6.07, 6.45) is 3.48. The summed E-state index contributed by atoms with van der Waals surface area (Å²) in [5.41, 5.74) is 2.53. The molecule has 1 N–H and O–H groups in total. The third-order valence-electron chi connectivity index (χ3n) is 2.39. The highest BCUT2D eigenvalue weighted by atomic mass is 16.2. The fourth-order valence-corrected chi connectivity index (χ4v) is 1.49. The first-order valence-electron chi connectivity index (χ1n) is 4.70. The van der Waals surface area contributed by atoms with Crippen molar-refractivity contribution in [3.05, 3.63) is 0 Å². The zero-order valence-corrected chi connectivity index (χ0v) is 8.29. The standard InChI is InChI=1S/C9H17N3O/c1-3-10-11-9(13)8-4-6-12(2)7-5-8/h3,8H,4-7H2,1-2H3,(H,11,13)/b10-3+. The second-order valence-corrected chi connectivity index (χ2v) is 3.44. The Hall–Kier alpha value is -0.900. The average Bonchev–Trinajstić information content (AvgIpc) is 2.15. The number of piperidine rings is 1. The van der Waals surface area contributed by atoms with Gasteiger partial charge in [-0.25, -0.2) is 5.43 Å². The van der Waals surface area contributed by atoms with Crippen molar-refractivity contribution in [3.63, 3.8) is 0 Å². The van der Waals surface area contributed by atoms with Gasteiger partial charge in [-0.1, -0.05) is 0 Å². The Kier molecular flexibility index (Phi) is 3.89. The summed E-state index contributed by atoms with van der Waals surface area (Å²) in [7, 11) is 2.08. The van der Waals surface area contributed by atoms with Gasteiger partial charge in [-0.3, -0.25) is 4.79 Å². The Bertz CT molecular complexity index is 195. The number of nitrogens with zero attached hydrogens (tertiary/aromatic N) is 2. The largest absolute Gasteiger partial charge is 0.306 e. The molecule has 0 aromatic heterocycles. The summed E-state index contributed by atoms with van der Waals surface area (Å²) in [5, 5.41) is 3.73. The summed E-state index contributed by atoms with van der Waals surface area (Å²) in [6, 6.07) is 0. The number of carbonyl (C=O) groups is 1. The van der Waals surface area contributed by atoms with E-state index in [-0.39, 0.29) is 11.8 Å². The molecular weight excluding hydrogens is 166 g/mol. The van der Waals surface area contributed by atoms with E-state index in [4.69, 9.17) is 0 Å². The van der Waals surface area contributed by atoms with Gasteiger partial charge < -0.3 is 4.90 Å². The minimum atomic E-state index is 0.0613. The lowest BCUT2D eigenvalue weighted by molar-refractivity contribution is -0.126. The topological polar surface area (TPSA) is 44.7 Å². The highest BCUT2D eigenvalue weighted by molar-refractivity contribution is 5.79. The smallest absolute Gasteiger partial charge is 0.243 e. The van der Waals surface area contributed by atoms with Crippen molar-refractivity contribution in [2.75, 3.05) is 20.1 Å². The van der Waals surface area contributed by atoms with Gasteiger partial charge in [0.2, 0.25) is 5.91 Å². The highest BCUT2D eigenvalue weighted by Gasteiger charge is 2.22. The van der Waals surface area contributed by atoms with Gasteiger partial charge in [0.15, 0.2) is 0 Å². The van der Waals surface area contributed by atoms with E-state index in [1.165, 1.54) is 0 Å². The predicted octanol–water partition coefficient (Wildman–Crippen LogP) is 0.450. The van der Waals surface area contributed by atoms with Crippen LogP contribution in [-0.2, 0) is 4.79 Å². The minimum Gasteiger partial charge on any atom is -0.306 e. The number of hydrogen-bond acceptors (Lipinski definition) is 3. The average molecular weight is 183 g/mol. The lowest BCUT2D eigenvalue weighted by atomic mass is 9.97. The maximum atomic E-state index is 11.4. The molecule has 1 rings (SSSR count). The normalized spacial score (nSPS) is 20.8. The van der Waals surface area contributed by atoms with Gasteiger partial charge in [-0.05, 0) is 39.9 Å². The zero-order valence-electron chi connectivity index (χ0n) is 8.29. The number of likely N-dealkylation sites (tertiary alicyclic amines) is 1. The van der Waals surface area contributed by atoms with Crippen LogP contribution in [0, 0.1) is 5.92 Å². The Labute approximate surface area is 79.0 Å². The fourth-order valence-electron chi connectivity index (χ4n) is 1.49. The van der Waals surface area contributed by atoms with Crippen molar-refractivity contribution in [1.29, 1.82) is 0 Å². The van der Waals surface area contributed by atoms with Crippen LogP contribution in [0.3, 0.4) is 0 Å². The van der Waals surface area contributed by atoms with Gasteiger partial charge in [0.05, 0.1) is 0 Å². The van der Waals surface area contributed by atoms with Crippen LogP contribution in [0.5, 0.6) is 0 Å². The van der Waals surface area contributed by atoms with Crippen LogP contribution in [0.25, 0.3) is 0 Å². The third kappa shape index (κ3) is 3.14. The number of amides is 1. The van der Waals surface area contributed by atoms with E-state index in [1.807, 2.05) is 0 Å². The number of hydrazone groups is 1. The maximum Gasteiger partial charge on any atom is 0.243 e. The summed E-state index contributed by atoms with van der Waals surface area (Å²) in [5.74, 6) is 0.214. The van der Waals surface area contributed by atoms with Crippen LogP contribution in [0.1, 0.15) is 19.8 Å². The minimum absolute atomic E-state index is 0.0613. The summed E-state index contributed by atoms with van der Waals surface area (Å²) in [4.78, 5) is 13.7. The van der Waals surface area contributed by atoms with E-state index in [9.17, 15) is 4.79 Å². The molecule has 0 aromatic rings. The first-order chi connectivity index (χ1) is 6.24. The molecule has 1 aliphatic heterocycles. The molecule has 0 aromatic carbocycles. The second kappa shape index (κ2) is 4.97. The van der Waals surface area contributed by atoms with E-state index in [0.29, 0.717) is 0 Å². The Morgan fingerprint density at radius 2 is 2.15 bits per heavy atom. The zero-order chi connectivity index (χ0) is 9.68. The number of hydrogen-bond donors (Lipinski definition) is 1. The van der Waals surface area contributed by atoms with E-state index in [2.05, 4.69) is 22.5 Å². The van der Waals surface area contributed by atoms with Crippen LogP contribution in [0.2, 0.25) is 0 Å². The van der Waals surface area contributed by atoms with Gasteiger partial charge in [-0.15, -0.1) is 0 Å². The van der Waals surface area contributed by atoms with E-state index in [1.54, 1.807) is 13.1 Å². The summed E-state index contributed by atoms with van der Waals surface area (Å²) in [6.45, 7) is 3.80. The lowest BCUT2D eigenvalue weighted by Crippen LogP contribution is -2.37. The number of nitrogens with one attached hydrogen (secondary N) is 1. The van der Waals surface area contributed by atoms with Crippen molar-refractivity contribution >= 4 is 12.1 Å². The van der Waals surface area contributed by atoms with Crippen LogP contribution in [0.4, 0.5) is 0 Å². The Morgan fingerprint density at radius 1 is 1.54 bits per heavy atom. The Balaban J connectivity index is 2.31. The lowest BCUT2D eigenvalue weighted by Gasteiger charge is -2.27. The van der Waals surface area contributed by atoms with Gasteiger partial charge in [0.1, 0.15) is 0 Å². The molecular formula is C9H17N3O. The number of rotatable bonds is 2. The fraction of sp³-hybridized carbons (Fsp3) is 0.778. The molecule has 0 atom stereocenters. The first kappa shape index (κ1) is 10.2. The second-order valence-electron chi connectivity index (χ2n) is 3.44. The van der Waals surface area contributed by atoms with E-state index in [0.717, 1.165) is 25.9 Å². The molecule has 13 heavy (non-hydrogen) atoms. The van der Waals surface area contributed by atoms with Gasteiger partial charge in [-0.2, -0.15) is 5.10 Å². The van der Waals surface area contributed by atoms with Crippen molar-refractivity contribution in [2.45, 2.75) is 19.8 Å². The molecule has 1 saturated heterocycles. The highest BCUT2D eigenvalue weighted by Crippen LogP contribution is 2.15. The van der Waals surface area contributed by atoms with Crippen molar-refractivity contribution in [1.82, 2.24) is 10.3 Å². The molecule has 1 aliphatic rings. The van der Waals surface area contributed by atoms with Crippen molar-refractivity contribution < 1.29 is 4.79 Å². The van der Waals surface area contributed by atoms with Gasteiger partial charge >= 0.3 is 0 Å². The maximum absolute atomic E-state index is 11.4. The molecule has 1 heterocycles. The molecule has 0 aliphatic carbocycles. The third-order valence-corrected chi connectivity index (χ3v) is 2.39. The van der Waals surface area contributed by atoms with E-state index < -0.39 is 0 Å². The first-order valence-corrected chi connectivity index (χ1v) is 4.70.